The summed E-state index contributed by atoms with van der Waals surface area (Å²) in [5.41, 5.74) is 0.711. The fraction of sp³-hybridized carbons (Fsp3) is 0.500. The number of nitrogens with zero attached hydrogens (tertiary/aromatic N) is 2. The second kappa shape index (κ2) is 7.33. The topological polar surface area (TPSA) is 71.1 Å². The number of hydrogen-bond acceptors (Lipinski definition) is 5. The molecule has 0 amide bonds. The molecule has 0 atom stereocenters. The zero-order chi connectivity index (χ0) is 17.0. The van der Waals surface area contributed by atoms with Gasteiger partial charge in [-0.3, -0.25) is 0 Å². The molecule has 128 valence electrons. The number of sulfonamides is 1. The Balaban J connectivity index is 2.03. The van der Waals surface area contributed by atoms with Gasteiger partial charge in [0, 0.05) is 32.2 Å². The summed E-state index contributed by atoms with van der Waals surface area (Å²) in [6.45, 7) is 1.95. The molecule has 2 rings (SSSR count). The van der Waals surface area contributed by atoms with E-state index in [4.69, 9.17) is 21.7 Å². The predicted molar refractivity (Wildman–Crippen MR) is 93.8 cm³/mol. The Morgan fingerprint density at radius 3 is 2.35 bits per heavy atom. The van der Waals surface area contributed by atoms with Crippen molar-refractivity contribution in [3.63, 3.8) is 0 Å². The predicted octanol–water partition coefficient (Wildman–Crippen LogP) is 0.978. The lowest BCUT2D eigenvalue weighted by molar-refractivity contribution is 0.270. The lowest BCUT2D eigenvalue weighted by Crippen LogP contribution is -2.51. The van der Waals surface area contributed by atoms with Crippen molar-refractivity contribution in [1.82, 2.24) is 9.21 Å². The number of thiocarbonyl (C=S) groups is 1. The summed E-state index contributed by atoms with van der Waals surface area (Å²) in [4.78, 5) is 1.94. The number of ether oxygens (including phenoxy) is 2. The quantitative estimate of drug-likeness (QED) is 0.804. The normalized spacial score (nSPS) is 16.0. The van der Waals surface area contributed by atoms with E-state index in [1.165, 1.54) is 10.6 Å². The first-order chi connectivity index (χ1) is 10.8. The molecule has 0 spiro atoms. The van der Waals surface area contributed by atoms with E-state index in [0.29, 0.717) is 48.5 Å². The van der Waals surface area contributed by atoms with Crippen LogP contribution in [0.1, 0.15) is 0 Å². The van der Waals surface area contributed by atoms with E-state index in [2.05, 4.69) is 5.32 Å². The largest absolute Gasteiger partial charge is 0.497 e. The molecule has 1 saturated heterocycles. The van der Waals surface area contributed by atoms with Gasteiger partial charge in [0.1, 0.15) is 11.5 Å². The van der Waals surface area contributed by atoms with Gasteiger partial charge >= 0.3 is 0 Å². The van der Waals surface area contributed by atoms with Crippen LogP contribution in [0.15, 0.2) is 18.2 Å². The fourth-order valence-corrected chi connectivity index (χ4v) is 3.45. The Hall–Kier alpha value is -1.58. The van der Waals surface area contributed by atoms with Crippen molar-refractivity contribution in [3.05, 3.63) is 18.2 Å². The highest BCUT2D eigenvalue weighted by Gasteiger charge is 2.24. The minimum atomic E-state index is -3.15. The Bertz CT molecular complexity index is 671. The van der Waals surface area contributed by atoms with Crippen molar-refractivity contribution in [2.75, 3.05) is 52.0 Å². The zero-order valence-corrected chi connectivity index (χ0v) is 15.0. The summed E-state index contributed by atoms with van der Waals surface area (Å²) >= 11 is 5.43. The monoisotopic (exact) mass is 359 g/mol. The molecule has 1 aromatic carbocycles. The molecular weight excluding hydrogens is 338 g/mol. The molecule has 0 radical (unpaired) electrons. The number of rotatable bonds is 4. The molecule has 1 N–H and O–H groups in total. The van der Waals surface area contributed by atoms with E-state index < -0.39 is 10.0 Å². The fourth-order valence-electron chi connectivity index (χ4n) is 2.33. The van der Waals surface area contributed by atoms with Crippen molar-refractivity contribution in [3.8, 4) is 11.5 Å². The summed E-state index contributed by atoms with van der Waals surface area (Å²) in [6, 6.07) is 5.40. The van der Waals surface area contributed by atoms with E-state index in [-0.39, 0.29) is 0 Å². The summed E-state index contributed by atoms with van der Waals surface area (Å²) in [6.07, 6.45) is 1.22. The van der Waals surface area contributed by atoms with Gasteiger partial charge in [-0.25, -0.2) is 8.42 Å². The highest BCUT2D eigenvalue weighted by atomic mass is 32.2. The smallest absolute Gasteiger partial charge is 0.211 e. The van der Waals surface area contributed by atoms with Gasteiger partial charge in [-0.05, 0) is 24.4 Å². The third kappa shape index (κ3) is 4.46. The maximum absolute atomic E-state index is 11.5. The van der Waals surface area contributed by atoms with E-state index in [9.17, 15) is 8.42 Å². The van der Waals surface area contributed by atoms with E-state index in [1.807, 2.05) is 4.90 Å². The van der Waals surface area contributed by atoms with Crippen LogP contribution in [0.25, 0.3) is 0 Å². The van der Waals surface area contributed by atoms with Gasteiger partial charge < -0.3 is 19.7 Å². The van der Waals surface area contributed by atoms with E-state index in [0.717, 1.165) is 0 Å². The summed E-state index contributed by atoms with van der Waals surface area (Å²) < 4.78 is 35.0. The number of hydrogen-bond donors (Lipinski definition) is 1. The highest BCUT2D eigenvalue weighted by Crippen LogP contribution is 2.29. The summed E-state index contributed by atoms with van der Waals surface area (Å²) in [5.74, 6) is 1.35. The van der Waals surface area contributed by atoms with E-state index in [1.54, 1.807) is 32.4 Å². The first-order valence-electron chi connectivity index (χ1n) is 7.08. The zero-order valence-electron chi connectivity index (χ0n) is 13.4. The third-order valence-corrected chi connectivity index (χ3v) is 5.31. The molecule has 1 aliphatic heterocycles. The van der Waals surface area contributed by atoms with Crippen LogP contribution in [0.5, 0.6) is 11.5 Å². The highest BCUT2D eigenvalue weighted by molar-refractivity contribution is 7.88. The molecule has 1 heterocycles. The van der Waals surface area contributed by atoms with Crippen LogP contribution in [-0.2, 0) is 10.0 Å². The van der Waals surface area contributed by atoms with Crippen molar-refractivity contribution in [1.29, 1.82) is 0 Å². The molecule has 1 aromatic rings. The number of anilines is 1. The van der Waals surface area contributed by atoms with Crippen molar-refractivity contribution in [2.45, 2.75) is 0 Å². The third-order valence-electron chi connectivity index (χ3n) is 3.64. The van der Waals surface area contributed by atoms with Crippen LogP contribution in [-0.4, -0.2) is 69.4 Å². The van der Waals surface area contributed by atoms with Crippen LogP contribution in [0, 0.1) is 0 Å². The molecule has 23 heavy (non-hydrogen) atoms. The molecule has 0 aromatic heterocycles. The number of piperazine rings is 1. The number of nitrogens with one attached hydrogen (secondary N) is 1. The maximum atomic E-state index is 11.5. The number of methoxy groups -OCH3 is 2. The Labute approximate surface area is 142 Å². The lowest BCUT2D eigenvalue weighted by Gasteiger charge is -2.35. The number of benzene rings is 1. The van der Waals surface area contributed by atoms with Gasteiger partial charge in [-0.15, -0.1) is 0 Å². The Kier molecular flexibility index (Phi) is 5.66. The average Bonchev–Trinajstić information content (AvgIpc) is 2.54. The van der Waals surface area contributed by atoms with Gasteiger partial charge in [0.25, 0.3) is 0 Å². The van der Waals surface area contributed by atoms with Crippen LogP contribution in [0.4, 0.5) is 5.69 Å². The van der Waals surface area contributed by atoms with Gasteiger partial charge in [0.05, 0.1) is 26.2 Å². The summed E-state index contributed by atoms with van der Waals surface area (Å²) in [5, 5.41) is 3.68. The lowest BCUT2D eigenvalue weighted by atomic mass is 10.2. The van der Waals surface area contributed by atoms with Crippen molar-refractivity contribution in [2.24, 2.45) is 0 Å². The van der Waals surface area contributed by atoms with Crippen LogP contribution < -0.4 is 14.8 Å². The van der Waals surface area contributed by atoms with Crippen LogP contribution >= 0.6 is 12.2 Å². The first-order valence-corrected chi connectivity index (χ1v) is 9.34. The first kappa shape index (κ1) is 17.8. The molecule has 7 nitrogen and oxygen atoms in total. The average molecular weight is 359 g/mol. The van der Waals surface area contributed by atoms with Gasteiger partial charge in [0.2, 0.25) is 10.0 Å². The SMILES string of the molecule is COc1ccc(OC)c(NC(=S)N2CCN(S(C)(=O)=O)CC2)c1. The van der Waals surface area contributed by atoms with Crippen molar-refractivity contribution >= 4 is 33.0 Å². The second-order valence-electron chi connectivity index (χ2n) is 5.15. The molecule has 1 fully saturated rings. The standard InChI is InChI=1S/C14H21N3O4S2/c1-20-11-4-5-13(21-2)12(10-11)15-14(22)16-6-8-17(9-7-16)23(3,18)19/h4-5,10H,6-9H2,1-3H3,(H,15,22). The second-order valence-corrected chi connectivity index (χ2v) is 7.51. The summed E-state index contributed by atoms with van der Waals surface area (Å²) in [7, 11) is 0.0287. The molecule has 0 bridgehead atoms. The maximum Gasteiger partial charge on any atom is 0.211 e. The van der Waals surface area contributed by atoms with Crippen LogP contribution in [0.3, 0.4) is 0 Å². The molecule has 0 saturated carbocycles. The molecule has 0 unspecified atom stereocenters. The van der Waals surface area contributed by atoms with Gasteiger partial charge in [-0.1, -0.05) is 0 Å². The molecule has 9 heteroatoms. The van der Waals surface area contributed by atoms with Gasteiger partial charge in [0.15, 0.2) is 5.11 Å². The minimum absolute atomic E-state index is 0.426. The Morgan fingerprint density at radius 1 is 1.17 bits per heavy atom. The molecule has 0 aliphatic carbocycles. The van der Waals surface area contributed by atoms with Crippen LogP contribution in [0.2, 0.25) is 0 Å². The minimum Gasteiger partial charge on any atom is -0.497 e. The molecular formula is C14H21N3O4S2. The van der Waals surface area contributed by atoms with E-state index >= 15 is 0 Å². The molecule has 1 aliphatic rings. The van der Waals surface area contributed by atoms with Crippen molar-refractivity contribution < 1.29 is 17.9 Å². The van der Waals surface area contributed by atoms with Gasteiger partial charge in [-0.2, -0.15) is 4.31 Å². The Morgan fingerprint density at radius 2 is 1.83 bits per heavy atom.